The van der Waals surface area contributed by atoms with E-state index in [1.165, 1.54) is 0 Å². The molecule has 23 heavy (non-hydrogen) atoms. The van der Waals surface area contributed by atoms with Crippen molar-refractivity contribution in [3.05, 3.63) is 54.1 Å². The molecule has 0 saturated heterocycles. The molecule has 1 aliphatic rings. The van der Waals surface area contributed by atoms with Gasteiger partial charge in [-0.15, -0.1) is 0 Å². The van der Waals surface area contributed by atoms with Crippen LogP contribution in [0.15, 0.2) is 48.5 Å². The van der Waals surface area contributed by atoms with Crippen LogP contribution in [0, 0.1) is 5.92 Å². The third-order valence-electron chi connectivity index (χ3n) is 4.29. The fourth-order valence-electron chi connectivity index (χ4n) is 2.83. The Labute approximate surface area is 136 Å². The maximum Gasteiger partial charge on any atom is 0.232 e. The van der Waals surface area contributed by atoms with Crippen molar-refractivity contribution in [1.82, 2.24) is 0 Å². The molecule has 0 saturated carbocycles. The summed E-state index contributed by atoms with van der Waals surface area (Å²) >= 11 is 0. The van der Waals surface area contributed by atoms with E-state index in [2.05, 4.69) is 19.2 Å². The fourth-order valence-corrected chi connectivity index (χ4v) is 2.83. The predicted octanol–water partition coefficient (Wildman–Crippen LogP) is 4.18. The quantitative estimate of drug-likeness (QED) is 0.901. The van der Waals surface area contributed by atoms with Gasteiger partial charge in [0.05, 0.1) is 5.92 Å². The zero-order valence-corrected chi connectivity index (χ0v) is 13.4. The van der Waals surface area contributed by atoms with Gasteiger partial charge in [-0.25, -0.2) is 0 Å². The van der Waals surface area contributed by atoms with Gasteiger partial charge in [0.2, 0.25) is 12.7 Å². The van der Waals surface area contributed by atoms with Gasteiger partial charge in [-0.3, -0.25) is 4.79 Å². The van der Waals surface area contributed by atoms with Gasteiger partial charge in [-0.2, -0.15) is 0 Å². The minimum atomic E-state index is -0.174. The van der Waals surface area contributed by atoms with Gasteiger partial charge < -0.3 is 14.8 Å². The molecule has 1 amide bonds. The minimum Gasteiger partial charge on any atom is -0.454 e. The zero-order chi connectivity index (χ0) is 16.2. The Bertz CT molecular complexity index is 684. The van der Waals surface area contributed by atoms with Crippen molar-refractivity contribution in [3.63, 3.8) is 0 Å². The molecule has 1 heterocycles. The Morgan fingerprint density at radius 2 is 1.87 bits per heavy atom. The molecule has 3 rings (SSSR count). The molecule has 2 unspecified atom stereocenters. The lowest BCUT2D eigenvalue weighted by molar-refractivity contribution is -0.118. The van der Waals surface area contributed by atoms with Gasteiger partial charge in [-0.05, 0) is 23.6 Å². The highest BCUT2D eigenvalue weighted by Gasteiger charge is 2.26. The molecule has 0 aromatic heterocycles. The second-order valence-corrected chi connectivity index (χ2v) is 5.83. The fraction of sp³-hybridized carbons (Fsp3) is 0.316. The number of amides is 1. The molecule has 0 aliphatic carbocycles. The van der Waals surface area contributed by atoms with E-state index in [0.29, 0.717) is 11.5 Å². The standard InChI is InChI=1S/C19H21NO3/c1-3-13(2)18(14-7-5-4-6-8-14)19(21)20-15-9-10-16-17(11-15)23-12-22-16/h4-11,13,18H,3,12H2,1-2H3,(H,20,21). The number of hydrogen-bond acceptors (Lipinski definition) is 3. The predicted molar refractivity (Wildman–Crippen MR) is 89.8 cm³/mol. The summed E-state index contributed by atoms with van der Waals surface area (Å²) in [6.07, 6.45) is 0.939. The van der Waals surface area contributed by atoms with Crippen molar-refractivity contribution in [1.29, 1.82) is 0 Å². The van der Waals surface area contributed by atoms with Gasteiger partial charge in [-0.1, -0.05) is 50.6 Å². The topological polar surface area (TPSA) is 47.6 Å². The number of rotatable bonds is 5. The van der Waals surface area contributed by atoms with Crippen molar-refractivity contribution in [2.75, 3.05) is 12.1 Å². The van der Waals surface area contributed by atoms with Crippen molar-refractivity contribution in [3.8, 4) is 11.5 Å². The first-order valence-corrected chi connectivity index (χ1v) is 7.94. The summed E-state index contributed by atoms with van der Waals surface area (Å²) in [5, 5.41) is 3.01. The Hall–Kier alpha value is -2.49. The van der Waals surface area contributed by atoms with Crippen LogP contribution in [0.4, 0.5) is 5.69 Å². The number of anilines is 1. The smallest absolute Gasteiger partial charge is 0.232 e. The van der Waals surface area contributed by atoms with Crippen LogP contribution < -0.4 is 14.8 Å². The molecule has 2 aromatic rings. The molecule has 2 atom stereocenters. The molecule has 1 aliphatic heterocycles. The molecule has 4 nitrogen and oxygen atoms in total. The third kappa shape index (κ3) is 3.31. The maximum absolute atomic E-state index is 12.8. The number of benzene rings is 2. The largest absolute Gasteiger partial charge is 0.454 e. The van der Waals surface area contributed by atoms with Crippen LogP contribution >= 0.6 is 0 Å². The lowest BCUT2D eigenvalue weighted by atomic mass is 9.85. The Balaban J connectivity index is 1.81. The zero-order valence-electron chi connectivity index (χ0n) is 13.4. The van der Waals surface area contributed by atoms with Crippen LogP contribution in [0.25, 0.3) is 0 Å². The van der Waals surface area contributed by atoms with Gasteiger partial charge in [0, 0.05) is 11.8 Å². The number of carbonyl (C=O) groups excluding carboxylic acids is 1. The molecule has 120 valence electrons. The average molecular weight is 311 g/mol. The second-order valence-electron chi connectivity index (χ2n) is 5.83. The van der Waals surface area contributed by atoms with Crippen molar-refractivity contribution < 1.29 is 14.3 Å². The molecule has 0 fully saturated rings. The van der Waals surface area contributed by atoms with Crippen LogP contribution in [0.2, 0.25) is 0 Å². The van der Waals surface area contributed by atoms with Crippen LogP contribution in [-0.2, 0) is 4.79 Å². The first-order chi connectivity index (χ1) is 11.2. The maximum atomic E-state index is 12.8. The molecule has 1 N–H and O–H groups in total. The summed E-state index contributed by atoms with van der Waals surface area (Å²) in [4.78, 5) is 12.8. The molecule has 0 spiro atoms. The SMILES string of the molecule is CCC(C)C(C(=O)Nc1ccc2c(c1)OCO2)c1ccccc1. The summed E-state index contributed by atoms with van der Waals surface area (Å²) in [6, 6.07) is 15.4. The van der Waals surface area contributed by atoms with E-state index in [1.54, 1.807) is 6.07 Å². The second kappa shape index (κ2) is 6.73. The number of ether oxygens (including phenoxy) is 2. The lowest BCUT2D eigenvalue weighted by Gasteiger charge is -2.23. The van der Waals surface area contributed by atoms with Crippen molar-refractivity contribution in [2.45, 2.75) is 26.2 Å². The monoisotopic (exact) mass is 311 g/mol. The first-order valence-electron chi connectivity index (χ1n) is 7.94. The van der Waals surface area contributed by atoms with Gasteiger partial charge in [0.25, 0.3) is 0 Å². The Morgan fingerprint density at radius 3 is 2.61 bits per heavy atom. The normalized spacial score (nSPS) is 15.0. The summed E-state index contributed by atoms with van der Waals surface area (Å²) in [6.45, 7) is 4.44. The third-order valence-corrected chi connectivity index (χ3v) is 4.29. The van der Waals surface area contributed by atoms with E-state index < -0.39 is 0 Å². The number of carbonyl (C=O) groups is 1. The molecule has 0 bridgehead atoms. The van der Waals surface area contributed by atoms with Crippen LogP contribution in [0.3, 0.4) is 0 Å². The molecule has 0 radical (unpaired) electrons. The molecular weight excluding hydrogens is 290 g/mol. The average Bonchev–Trinajstić information content (AvgIpc) is 3.03. The minimum absolute atomic E-state index is 0.00409. The van der Waals surface area contributed by atoms with Crippen LogP contribution in [0.1, 0.15) is 31.7 Å². The lowest BCUT2D eigenvalue weighted by Crippen LogP contribution is -2.26. The van der Waals surface area contributed by atoms with Gasteiger partial charge >= 0.3 is 0 Å². The van der Waals surface area contributed by atoms with Crippen LogP contribution in [0.5, 0.6) is 11.5 Å². The van der Waals surface area contributed by atoms with E-state index in [1.807, 2.05) is 42.5 Å². The Morgan fingerprint density at radius 1 is 1.13 bits per heavy atom. The van der Waals surface area contributed by atoms with E-state index >= 15 is 0 Å². The molecule has 4 heteroatoms. The van der Waals surface area contributed by atoms with Crippen molar-refractivity contribution >= 4 is 11.6 Å². The summed E-state index contributed by atoms with van der Waals surface area (Å²) < 4.78 is 10.7. The van der Waals surface area contributed by atoms with E-state index in [4.69, 9.17) is 9.47 Å². The number of hydrogen-bond donors (Lipinski definition) is 1. The highest BCUT2D eigenvalue weighted by atomic mass is 16.7. The molecular formula is C19H21NO3. The number of nitrogens with one attached hydrogen (secondary N) is 1. The van der Waals surface area contributed by atoms with E-state index in [0.717, 1.165) is 17.7 Å². The van der Waals surface area contributed by atoms with Gasteiger partial charge in [0.1, 0.15) is 0 Å². The summed E-state index contributed by atoms with van der Waals surface area (Å²) in [5.74, 6) is 1.47. The van der Waals surface area contributed by atoms with Crippen LogP contribution in [-0.4, -0.2) is 12.7 Å². The summed E-state index contributed by atoms with van der Waals surface area (Å²) in [7, 11) is 0. The highest BCUT2D eigenvalue weighted by Crippen LogP contribution is 2.35. The summed E-state index contributed by atoms with van der Waals surface area (Å²) in [5.41, 5.74) is 1.77. The highest BCUT2D eigenvalue weighted by molar-refractivity contribution is 5.96. The first kappa shape index (κ1) is 15.4. The Kier molecular flexibility index (Phi) is 4.51. The van der Waals surface area contributed by atoms with Gasteiger partial charge in [0.15, 0.2) is 11.5 Å². The van der Waals surface area contributed by atoms with Crippen molar-refractivity contribution in [2.24, 2.45) is 5.92 Å². The van der Waals surface area contributed by atoms with E-state index in [-0.39, 0.29) is 24.5 Å². The number of fused-ring (bicyclic) bond motifs is 1. The van der Waals surface area contributed by atoms with E-state index in [9.17, 15) is 4.79 Å². The molecule has 2 aromatic carbocycles.